The number of carbonyl (C=O) groups is 1. The molecular formula is C25H35NO4S. The van der Waals surface area contributed by atoms with Gasteiger partial charge in [-0.05, 0) is 85.5 Å². The van der Waals surface area contributed by atoms with Crippen molar-refractivity contribution in [2.75, 3.05) is 11.8 Å². The Bertz CT molecular complexity index is 973. The van der Waals surface area contributed by atoms with Gasteiger partial charge in [0.25, 0.3) is 10.0 Å². The average molecular weight is 446 g/mol. The average Bonchev–Trinajstić information content (AvgIpc) is 2.69. The van der Waals surface area contributed by atoms with Gasteiger partial charge in [0.2, 0.25) is 0 Å². The van der Waals surface area contributed by atoms with Gasteiger partial charge in [0, 0.05) is 12.1 Å². The third kappa shape index (κ3) is 7.39. The highest BCUT2D eigenvalue weighted by Gasteiger charge is 2.16. The molecule has 0 saturated carbocycles. The summed E-state index contributed by atoms with van der Waals surface area (Å²) >= 11 is 0. The standard InChI is InChI=1S/C25H35NO4S/c1-18(2)25-19(3)15-22(16-20(25)4)26-31(28,29)23-13-10-12-21(17-23)11-8-6-7-9-14-24(27)30-5/h10,12-13,15-18,26H,6-9,11,14H2,1-5H3. The van der Waals surface area contributed by atoms with Gasteiger partial charge >= 0.3 is 5.97 Å². The molecule has 0 aliphatic carbocycles. The minimum absolute atomic E-state index is 0.172. The van der Waals surface area contributed by atoms with E-state index in [4.69, 9.17) is 0 Å². The maximum Gasteiger partial charge on any atom is 0.305 e. The Morgan fingerprint density at radius 1 is 1.00 bits per heavy atom. The van der Waals surface area contributed by atoms with Gasteiger partial charge in [-0.2, -0.15) is 0 Å². The molecule has 0 aromatic heterocycles. The van der Waals surface area contributed by atoms with Crippen LogP contribution in [0.25, 0.3) is 0 Å². The van der Waals surface area contributed by atoms with E-state index in [0.29, 0.717) is 18.0 Å². The third-order valence-electron chi connectivity index (χ3n) is 5.46. The first-order valence-electron chi connectivity index (χ1n) is 10.9. The monoisotopic (exact) mass is 445 g/mol. The van der Waals surface area contributed by atoms with Crippen LogP contribution in [-0.2, 0) is 26.0 Å². The van der Waals surface area contributed by atoms with Crippen LogP contribution < -0.4 is 4.72 Å². The summed E-state index contributed by atoms with van der Waals surface area (Å²) in [6.45, 7) is 8.32. The van der Waals surface area contributed by atoms with Crippen LogP contribution in [0.1, 0.15) is 74.1 Å². The molecule has 0 spiro atoms. The van der Waals surface area contributed by atoms with Gasteiger partial charge in [0.15, 0.2) is 0 Å². The number of esters is 1. The van der Waals surface area contributed by atoms with Crippen LogP contribution >= 0.6 is 0 Å². The maximum atomic E-state index is 12.9. The first-order valence-corrected chi connectivity index (χ1v) is 12.4. The van der Waals surface area contributed by atoms with Crippen molar-refractivity contribution < 1.29 is 17.9 Å². The Labute approximate surface area is 187 Å². The third-order valence-corrected chi connectivity index (χ3v) is 6.84. The zero-order valence-electron chi connectivity index (χ0n) is 19.3. The summed E-state index contributed by atoms with van der Waals surface area (Å²) in [6, 6.07) is 10.9. The number of nitrogens with one attached hydrogen (secondary N) is 1. The topological polar surface area (TPSA) is 72.5 Å². The summed E-state index contributed by atoms with van der Waals surface area (Å²) in [6.07, 6.45) is 4.98. The van der Waals surface area contributed by atoms with Gasteiger partial charge in [0.05, 0.1) is 12.0 Å². The molecule has 0 atom stereocenters. The van der Waals surface area contributed by atoms with Crippen LogP contribution in [0.2, 0.25) is 0 Å². The first kappa shape index (κ1) is 24.9. The molecule has 0 aliphatic heterocycles. The summed E-state index contributed by atoms with van der Waals surface area (Å²) in [5.41, 5.74) is 5.03. The van der Waals surface area contributed by atoms with Crippen LogP contribution in [0.3, 0.4) is 0 Å². The first-order chi connectivity index (χ1) is 14.6. The molecule has 2 aromatic carbocycles. The van der Waals surface area contributed by atoms with E-state index in [0.717, 1.165) is 48.8 Å². The van der Waals surface area contributed by atoms with E-state index in [-0.39, 0.29) is 10.9 Å². The largest absolute Gasteiger partial charge is 0.469 e. The fourth-order valence-corrected chi connectivity index (χ4v) is 5.19. The van der Waals surface area contributed by atoms with Crippen molar-refractivity contribution in [3.05, 3.63) is 58.7 Å². The lowest BCUT2D eigenvalue weighted by Crippen LogP contribution is -2.14. The van der Waals surface area contributed by atoms with E-state index in [1.165, 1.54) is 12.7 Å². The van der Waals surface area contributed by atoms with Crippen molar-refractivity contribution >= 4 is 21.7 Å². The molecule has 0 aliphatic rings. The zero-order valence-corrected chi connectivity index (χ0v) is 20.1. The number of hydrogen-bond acceptors (Lipinski definition) is 4. The molecular weight excluding hydrogens is 410 g/mol. The zero-order chi connectivity index (χ0) is 23.0. The molecule has 0 unspecified atom stereocenters. The second-order valence-electron chi connectivity index (χ2n) is 8.42. The molecule has 6 heteroatoms. The summed E-state index contributed by atoms with van der Waals surface area (Å²) in [5, 5.41) is 0. The van der Waals surface area contributed by atoms with Crippen molar-refractivity contribution in [3.63, 3.8) is 0 Å². The van der Waals surface area contributed by atoms with E-state index >= 15 is 0 Å². The van der Waals surface area contributed by atoms with Crippen LogP contribution in [0.4, 0.5) is 5.69 Å². The second-order valence-corrected chi connectivity index (χ2v) is 10.1. The smallest absolute Gasteiger partial charge is 0.305 e. The lowest BCUT2D eigenvalue weighted by molar-refractivity contribution is -0.140. The number of unbranched alkanes of at least 4 members (excludes halogenated alkanes) is 3. The van der Waals surface area contributed by atoms with E-state index in [1.54, 1.807) is 18.2 Å². The molecule has 2 aromatic rings. The number of hydrogen-bond donors (Lipinski definition) is 1. The van der Waals surface area contributed by atoms with Crippen molar-refractivity contribution in [2.45, 2.75) is 77.0 Å². The number of ether oxygens (including phenoxy) is 1. The van der Waals surface area contributed by atoms with E-state index in [9.17, 15) is 13.2 Å². The summed E-state index contributed by atoms with van der Waals surface area (Å²) < 4.78 is 33.3. The number of methoxy groups -OCH3 is 1. The van der Waals surface area contributed by atoms with Crippen molar-refractivity contribution in [2.24, 2.45) is 0 Å². The van der Waals surface area contributed by atoms with Gasteiger partial charge in [-0.15, -0.1) is 0 Å². The molecule has 0 radical (unpaired) electrons. The van der Waals surface area contributed by atoms with E-state index in [2.05, 4.69) is 23.3 Å². The Kier molecular flexibility index (Phi) is 9.11. The lowest BCUT2D eigenvalue weighted by Gasteiger charge is -2.17. The SMILES string of the molecule is COC(=O)CCCCCCc1cccc(S(=O)(=O)Nc2cc(C)c(C(C)C)c(C)c2)c1. The Morgan fingerprint density at radius 2 is 1.65 bits per heavy atom. The van der Waals surface area contributed by atoms with Crippen molar-refractivity contribution in [1.29, 1.82) is 0 Å². The molecule has 0 bridgehead atoms. The molecule has 5 nitrogen and oxygen atoms in total. The summed E-state index contributed by atoms with van der Waals surface area (Å²) in [4.78, 5) is 11.4. The highest BCUT2D eigenvalue weighted by Crippen LogP contribution is 2.28. The van der Waals surface area contributed by atoms with Crippen LogP contribution in [-0.4, -0.2) is 21.5 Å². The minimum Gasteiger partial charge on any atom is -0.469 e. The second kappa shape index (κ2) is 11.3. The maximum absolute atomic E-state index is 12.9. The molecule has 0 amide bonds. The lowest BCUT2D eigenvalue weighted by atomic mass is 9.93. The van der Waals surface area contributed by atoms with Crippen molar-refractivity contribution in [1.82, 2.24) is 0 Å². The number of carbonyl (C=O) groups excluding carboxylic acids is 1. The highest BCUT2D eigenvalue weighted by atomic mass is 32.2. The van der Waals surface area contributed by atoms with Crippen LogP contribution in [0, 0.1) is 13.8 Å². The number of rotatable bonds is 11. The molecule has 1 N–H and O–H groups in total. The molecule has 0 heterocycles. The van der Waals surface area contributed by atoms with Gasteiger partial charge in [0.1, 0.15) is 0 Å². The molecule has 2 rings (SSSR count). The number of aryl methyl sites for hydroxylation is 3. The van der Waals surface area contributed by atoms with Crippen LogP contribution in [0.5, 0.6) is 0 Å². The number of anilines is 1. The minimum atomic E-state index is -3.66. The summed E-state index contributed by atoms with van der Waals surface area (Å²) in [7, 11) is -2.25. The number of benzene rings is 2. The van der Waals surface area contributed by atoms with Crippen molar-refractivity contribution in [3.8, 4) is 0 Å². The highest BCUT2D eigenvalue weighted by molar-refractivity contribution is 7.92. The quantitative estimate of drug-likeness (QED) is 0.345. The van der Waals surface area contributed by atoms with Gasteiger partial charge in [-0.1, -0.05) is 38.8 Å². The number of sulfonamides is 1. The molecule has 31 heavy (non-hydrogen) atoms. The molecule has 0 fully saturated rings. The predicted molar refractivity (Wildman–Crippen MR) is 126 cm³/mol. The normalized spacial score (nSPS) is 11.5. The van der Waals surface area contributed by atoms with Gasteiger partial charge in [-0.3, -0.25) is 9.52 Å². The molecule has 0 saturated heterocycles. The van der Waals surface area contributed by atoms with E-state index < -0.39 is 10.0 Å². The predicted octanol–water partition coefficient (Wildman–Crippen LogP) is 5.89. The molecule has 170 valence electrons. The Balaban J connectivity index is 2.00. The Hall–Kier alpha value is -2.34. The van der Waals surface area contributed by atoms with E-state index in [1.807, 2.05) is 32.0 Å². The van der Waals surface area contributed by atoms with Crippen LogP contribution in [0.15, 0.2) is 41.3 Å². The summed E-state index contributed by atoms with van der Waals surface area (Å²) in [5.74, 6) is 0.220. The van der Waals surface area contributed by atoms with Gasteiger partial charge in [-0.25, -0.2) is 8.42 Å². The Morgan fingerprint density at radius 3 is 2.26 bits per heavy atom. The fraction of sp³-hybridized carbons (Fsp3) is 0.480. The fourth-order valence-electron chi connectivity index (χ4n) is 4.08. The van der Waals surface area contributed by atoms with Gasteiger partial charge < -0.3 is 4.74 Å².